The number of carbonyl (C=O) groups is 1. The number of aldehydes is 1. The van der Waals surface area contributed by atoms with Gasteiger partial charge in [0.1, 0.15) is 0 Å². The number of hydrogen-bond donors (Lipinski definition) is 1. The SMILES string of the molecule is CC(C)(O)c1c(Br)cc(C=O)c2c1OCO2. The van der Waals surface area contributed by atoms with Gasteiger partial charge in [0.05, 0.1) is 11.2 Å². The molecule has 1 aliphatic rings. The molecule has 0 aliphatic carbocycles. The lowest BCUT2D eigenvalue weighted by Crippen LogP contribution is -2.17. The van der Waals surface area contributed by atoms with Crippen molar-refractivity contribution in [1.82, 2.24) is 0 Å². The van der Waals surface area contributed by atoms with E-state index in [1.807, 2.05) is 0 Å². The summed E-state index contributed by atoms with van der Waals surface area (Å²) in [5.41, 5.74) is -0.0733. The van der Waals surface area contributed by atoms with E-state index in [9.17, 15) is 9.90 Å². The van der Waals surface area contributed by atoms with E-state index in [1.165, 1.54) is 0 Å². The summed E-state index contributed by atoms with van der Waals surface area (Å²) in [7, 11) is 0. The number of aliphatic hydroxyl groups is 1. The lowest BCUT2D eigenvalue weighted by molar-refractivity contribution is 0.0736. The second kappa shape index (κ2) is 3.75. The molecule has 0 unspecified atom stereocenters. The van der Waals surface area contributed by atoms with Gasteiger partial charge in [0, 0.05) is 10.0 Å². The Bertz CT molecular complexity index is 448. The first-order chi connectivity index (χ1) is 7.45. The van der Waals surface area contributed by atoms with E-state index in [-0.39, 0.29) is 6.79 Å². The number of ether oxygens (including phenoxy) is 2. The summed E-state index contributed by atoms with van der Waals surface area (Å²) >= 11 is 3.32. The van der Waals surface area contributed by atoms with Crippen molar-refractivity contribution in [2.24, 2.45) is 0 Å². The van der Waals surface area contributed by atoms with Gasteiger partial charge < -0.3 is 14.6 Å². The number of carbonyl (C=O) groups excluding carboxylic acids is 1. The molecule has 5 heteroatoms. The summed E-state index contributed by atoms with van der Waals surface area (Å²) in [6.07, 6.45) is 0.701. The third-order valence-electron chi connectivity index (χ3n) is 2.36. The molecule has 4 nitrogen and oxygen atoms in total. The normalized spacial score (nSPS) is 14.0. The minimum atomic E-state index is -1.07. The maximum absolute atomic E-state index is 10.9. The molecule has 1 aromatic rings. The van der Waals surface area contributed by atoms with Gasteiger partial charge in [-0.25, -0.2) is 0 Å². The smallest absolute Gasteiger partial charge is 0.231 e. The fraction of sp³-hybridized carbons (Fsp3) is 0.364. The Morgan fingerprint density at radius 1 is 1.44 bits per heavy atom. The van der Waals surface area contributed by atoms with Crippen molar-refractivity contribution in [2.45, 2.75) is 19.4 Å². The van der Waals surface area contributed by atoms with Crippen LogP contribution in [0.1, 0.15) is 29.8 Å². The molecule has 0 bridgehead atoms. The predicted molar refractivity (Wildman–Crippen MR) is 60.9 cm³/mol. The Balaban J connectivity index is 2.73. The highest BCUT2D eigenvalue weighted by molar-refractivity contribution is 9.10. The van der Waals surface area contributed by atoms with Gasteiger partial charge in [0.2, 0.25) is 6.79 Å². The number of hydrogen-bond acceptors (Lipinski definition) is 4. The number of rotatable bonds is 2. The van der Waals surface area contributed by atoms with Crippen molar-refractivity contribution in [3.05, 3.63) is 21.7 Å². The van der Waals surface area contributed by atoms with Crippen molar-refractivity contribution in [1.29, 1.82) is 0 Å². The molecule has 1 heterocycles. The van der Waals surface area contributed by atoms with E-state index < -0.39 is 5.60 Å². The number of fused-ring (bicyclic) bond motifs is 1. The molecule has 16 heavy (non-hydrogen) atoms. The van der Waals surface area contributed by atoms with Crippen LogP contribution in [0.25, 0.3) is 0 Å². The Kier molecular flexibility index (Phi) is 2.67. The Labute approximate surface area is 101 Å². The first-order valence-electron chi connectivity index (χ1n) is 4.75. The topological polar surface area (TPSA) is 55.8 Å². The van der Waals surface area contributed by atoms with Gasteiger partial charge in [-0.1, -0.05) is 15.9 Å². The first-order valence-corrected chi connectivity index (χ1v) is 5.54. The highest BCUT2D eigenvalue weighted by atomic mass is 79.9. The fourth-order valence-corrected chi connectivity index (χ4v) is 2.63. The van der Waals surface area contributed by atoms with Crippen LogP contribution in [0.5, 0.6) is 11.5 Å². The lowest BCUT2D eigenvalue weighted by atomic mass is 9.95. The largest absolute Gasteiger partial charge is 0.453 e. The lowest BCUT2D eigenvalue weighted by Gasteiger charge is -2.21. The molecular weight excluding hydrogens is 276 g/mol. The quantitative estimate of drug-likeness (QED) is 0.847. The van der Waals surface area contributed by atoms with E-state index in [1.54, 1.807) is 19.9 Å². The minimum absolute atomic E-state index is 0.0652. The van der Waals surface area contributed by atoms with Crippen molar-refractivity contribution in [3.8, 4) is 11.5 Å². The monoisotopic (exact) mass is 286 g/mol. The highest BCUT2D eigenvalue weighted by Crippen LogP contribution is 2.46. The summed E-state index contributed by atoms with van der Waals surface area (Å²) < 4.78 is 11.2. The van der Waals surface area contributed by atoms with Crippen molar-refractivity contribution in [2.75, 3.05) is 6.79 Å². The number of halogens is 1. The zero-order valence-electron chi connectivity index (χ0n) is 8.91. The maximum Gasteiger partial charge on any atom is 0.231 e. The Morgan fingerprint density at radius 3 is 2.62 bits per heavy atom. The van der Waals surface area contributed by atoms with Gasteiger partial charge in [0.25, 0.3) is 0 Å². The van der Waals surface area contributed by atoms with Crippen molar-refractivity contribution < 1.29 is 19.4 Å². The zero-order valence-corrected chi connectivity index (χ0v) is 10.5. The van der Waals surface area contributed by atoms with Crippen LogP contribution in [0.15, 0.2) is 10.5 Å². The van der Waals surface area contributed by atoms with E-state index >= 15 is 0 Å². The van der Waals surface area contributed by atoms with Gasteiger partial charge >= 0.3 is 0 Å². The summed E-state index contributed by atoms with van der Waals surface area (Å²) in [6.45, 7) is 3.36. The molecule has 0 aromatic heterocycles. The van der Waals surface area contributed by atoms with Crippen LogP contribution in [-0.4, -0.2) is 18.2 Å². The van der Waals surface area contributed by atoms with Crippen LogP contribution in [0.3, 0.4) is 0 Å². The molecule has 86 valence electrons. The minimum Gasteiger partial charge on any atom is -0.453 e. The first kappa shape index (κ1) is 11.4. The van der Waals surface area contributed by atoms with E-state index in [0.29, 0.717) is 33.4 Å². The number of benzene rings is 1. The molecule has 0 saturated carbocycles. The van der Waals surface area contributed by atoms with Gasteiger partial charge in [-0.15, -0.1) is 0 Å². The van der Waals surface area contributed by atoms with Gasteiger partial charge in [-0.3, -0.25) is 4.79 Å². The molecule has 0 fully saturated rings. The van der Waals surface area contributed by atoms with Gasteiger partial charge in [0.15, 0.2) is 17.8 Å². The summed E-state index contributed by atoms with van der Waals surface area (Å²) in [5, 5.41) is 10.0. The standard InChI is InChI=1S/C11H11BrO4/c1-11(2,14)8-7(12)3-6(4-13)9-10(8)16-5-15-9/h3-4,14H,5H2,1-2H3. The molecule has 1 N–H and O–H groups in total. The molecule has 0 atom stereocenters. The summed E-state index contributed by atoms with van der Waals surface area (Å²) in [5.74, 6) is 0.833. The highest BCUT2D eigenvalue weighted by Gasteiger charge is 2.31. The molecule has 0 amide bonds. The molecule has 0 spiro atoms. The van der Waals surface area contributed by atoms with Gasteiger partial charge in [-0.2, -0.15) is 0 Å². The van der Waals surface area contributed by atoms with E-state index in [4.69, 9.17) is 9.47 Å². The van der Waals surface area contributed by atoms with Crippen LogP contribution < -0.4 is 9.47 Å². The second-order valence-corrected chi connectivity index (χ2v) is 4.92. The molecule has 0 radical (unpaired) electrons. The third kappa shape index (κ3) is 1.70. The van der Waals surface area contributed by atoms with Crippen LogP contribution in [0.2, 0.25) is 0 Å². The van der Waals surface area contributed by atoms with Crippen LogP contribution in [0.4, 0.5) is 0 Å². The Hall–Kier alpha value is -1.07. The molecule has 1 aliphatic heterocycles. The summed E-state index contributed by atoms with van der Waals surface area (Å²) in [6, 6.07) is 1.62. The molecule has 1 aromatic carbocycles. The van der Waals surface area contributed by atoms with Crippen LogP contribution in [-0.2, 0) is 5.60 Å². The predicted octanol–water partition coefficient (Wildman–Crippen LogP) is 2.22. The molecular formula is C11H11BrO4. The average molecular weight is 287 g/mol. The zero-order chi connectivity index (χ0) is 11.9. The van der Waals surface area contributed by atoms with Crippen molar-refractivity contribution in [3.63, 3.8) is 0 Å². The maximum atomic E-state index is 10.9. The third-order valence-corrected chi connectivity index (χ3v) is 2.99. The van der Waals surface area contributed by atoms with Crippen molar-refractivity contribution >= 4 is 22.2 Å². The average Bonchev–Trinajstić information content (AvgIpc) is 2.62. The van der Waals surface area contributed by atoms with E-state index in [0.717, 1.165) is 0 Å². The molecule has 0 saturated heterocycles. The Morgan fingerprint density at radius 2 is 2.06 bits per heavy atom. The fourth-order valence-electron chi connectivity index (χ4n) is 1.72. The second-order valence-electron chi connectivity index (χ2n) is 4.06. The van der Waals surface area contributed by atoms with Gasteiger partial charge in [-0.05, 0) is 19.9 Å². The van der Waals surface area contributed by atoms with Crippen LogP contribution in [0, 0.1) is 0 Å². The van der Waals surface area contributed by atoms with E-state index in [2.05, 4.69) is 15.9 Å². The molecule has 2 rings (SSSR count). The summed E-state index contributed by atoms with van der Waals surface area (Å²) in [4.78, 5) is 10.9. The van der Waals surface area contributed by atoms with Crippen LogP contribution >= 0.6 is 15.9 Å².